The fraction of sp³-hybridized carbons (Fsp3) is 0.882. The van der Waals surface area contributed by atoms with Crippen molar-refractivity contribution in [3.8, 4) is 0 Å². The molecule has 1 spiro atoms. The third kappa shape index (κ3) is 4.99. The van der Waals surface area contributed by atoms with Gasteiger partial charge in [-0.05, 0) is 40.9 Å². The Hall–Kier alpha value is -0.800. The van der Waals surface area contributed by atoms with Gasteiger partial charge in [-0.2, -0.15) is 0 Å². The summed E-state index contributed by atoms with van der Waals surface area (Å²) in [6.07, 6.45) is -1.29. The molecule has 3 rings (SSSR count). The minimum atomic E-state index is -2.26. The molecule has 0 aromatic rings. The minimum Gasteiger partial charge on any atom is -0.345 e. The average Bonchev–Trinajstić information content (AvgIpc) is 3.16. The molecule has 0 aromatic heterocycles. The Balaban J connectivity index is 1.78. The van der Waals surface area contributed by atoms with Crippen LogP contribution in [-0.4, -0.2) is 81.8 Å². The highest BCUT2D eigenvalue weighted by Gasteiger charge is 2.64. The molecule has 30 heavy (non-hydrogen) atoms. The van der Waals surface area contributed by atoms with E-state index in [4.69, 9.17) is 32.7 Å². The normalized spacial score (nSPS) is 35.8. The Bertz CT molecular complexity index is 730. The number of ether oxygens (including phenoxy) is 5. The number of rotatable bonds is 4. The Morgan fingerprint density at radius 2 is 1.90 bits per heavy atom. The van der Waals surface area contributed by atoms with Crippen molar-refractivity contribution in [1.29, 1.82) is 0 Å². The van der Waals surface area contributed by atoms with E-state index in [9.17, 15) is 9.00 Å². The number of carbonyl (C=O) groups is 1. The number of hydrogen-bond acceptors (Lipinski definition) is 11. The Morgan fingerprint density at radius 3 is 2.50 bits per heavy atom. The highest BCUT2D eigenvalue weighted by atomic mass is 32.2. The van der Waals surface area contributed by atoms with Crippen LogP contribution in [0.4, 0.5) is 4.79 Å². The number of carbonyl (C=O) groups excluding carboxylic acids is 1. The molecule has 0 aromatic carbocycles. The second-order valence-electron chi connectivity index (χ2n) is 7.96. The van der Waals surface area contributed by atoms with Gasteiger partial charge in [-0.1, -0.05) is 5.16 Å². The first-order chi connectivity index (χ1) is 13.9. The van der Waals surface area contributed by atoms with E-state index in [1.54, 1.807) is 40.9 Å². The van der Waals surface area contributed by atoms with E-state index < -0.39 is 53.0 Å². The van der Waals surface area contributed by atoms with Crippen LogP contribution in [0.3, 0.4) is 0 Å². The molecular weight excluding hydrogens is 440 g/mol. The monoisotopic (exact) mass is 468 g/mol. The van der Waals surface area contributed by atoms with Crippen molar-refractivity contribution in [3.05, 3.63) is 0 Å². The van der Waals surface area contributed by atoms with Crippen molar-refractivity contribution < 1.29 is 41.7 Å². The molecule has 13 heteroatoms. The Kier molecular flexibility index (Phi) is 6.85. The van der Waals surface area contributed by atoms with E-state index in [2.05, 4.69) is 5.16 Å². The van der Waals surface area contributed by atoms with E-state index in [-0.39, 0.29) is 13.2 Å². The third-order valence-corrected chi connectivity index (χ3v) is 6.33. The molecule has 172 valence electrons. The SMILES string of the molecule is CS/C(C)=N\OC(=O)N(C)S(=O)O[C@H]1[C@@H]2OC(C)(C)O[C@@H]2CO[C@]12COC(C)(C)O2. The van der Waals surface area contributed by atoms with Crippen molar-refractivity contribution in [2.24, 2.45) is 5.16 Å². The lowest BCUT2D eigenvalue weighted by atomic mass is 9.97. The van der Waals surface area contributed by atoms with Gasteiger partial charge in [-0.3, -0.25) is 9.02 Å². The van der Waals surface area contributed by atoms with Gasteiger partial charge in [0.1, 0.15) is 23.9 Å². The zero-order chi connectivity index (χ0) is 22.3. The zero-order valence-corrected chi connectivity index (χ0v) is 19.7. The first-order valence-electron chi connectivity index (χ1n) is 9.34. The highest BCUT2D eigenvalue weighted by molar-refractivity contribution is 8.13. The summed E-state index contributed by atoms with van der Waals surface area (Å²) in [5.41, 5.74) is 0. The molecule has 0 saturated carbocycles. The standard InChI is InChI=1S/C17H28N2O9S2/c1-10(29-7)18-26-14(20)19(6)30(21)27-13-12-11(24-16(4,5)25-12)8-22-17(13)9-23-15(2,3)28-17/h11-13H,8-9H2,1-7H3/b18-10-/t11-,12-,13+,17+,30?/m1/s1. The number of oxime groups is 1. The van der Waals surface area contributed by atoms with Crippen LogP contribution in [0.5, 0.6) is 0 Å². The molecule has 0 bridgehead atoms. The summed E-state index contributed by atoms with van der Waals surface area (Å²) >= 11 is -0.951. The number of nitrogens with zero attached hydrogens (tertiary/aromatic N) is 2. The van der Waals surface area contributed by atoms with E-state index in [1.165, 1.54) is 18.8 Å². The molecular formula is C17H28N2O9S2. The van der Waals surface area contributed by atoms with Gasteiger partial charge in [-0.25, -0.2) is 13.3 Å². The third-order valence-electron chi connectivity index (χ3n) is 4.70. The maximum atomic E-state index is 12.8. The first kappa shape index (κ1) is 23.9. The van der Waals surface area contributed by atoms with Crippen LogP contribution in [0.15, 0.2) is 5.16 Å². The smallest absolute Gasteiger partial charge is 0.345 e. The Morgan fingerprint density at radius 1 is 1.20 bits per heavy atom. The molecule has 0 N–H and O–H groups in total. The van der Waals surface area contributed by atoms with Crippen LogP contribution in [0.25, 0.3) is 0 Å². The summed E-state index contributed by atoms with van der Waals surface area (Å²) in [4.78, 5) is 16.9. The molecule has 3 heterocycles. The molecule has 0 aliphatic carbocycles. The van der Waals surface area contributed by atoms with Crippen molar-refractivity contribution in [1.82, 2.24) is 4.31 Å². The van der Waals surface area contributed by atoms with Crippen molar-refractivity contribution in [3.63, 3.8) is 0 Å². The molecule has 3 aliphatic heterocycles. The molecule has 3 aliphatic rings. The first-order valence-corrected chi connectivity index (χ1v) is 11.6. The predicted molar refractivity (Wildman–Crippen MR) is 108 cm³/mol. The number of fused-ring (bicyclic) bond motifs is 1. The molecule has 3 saturated heterocycles. The van der Waals surface area contributed by atoms with Crippen molar-refractivity contribution in [2.45, 2.75) is 70.3 Å². The lowest BCUT2D eigenvalue weighted by Gasteiger charge is -2.43. The maximum absolute atomic E-state index is 12.8. The summed E-state index contributed by atoms with van der Waals surface area (Å²) in [5, 5.41) is 4.17. The minimum absolute atomic E-state index is 0.0280. The van der Waals surface area contributed by atoms with Crippen molar-refractivity contribution >= 4 is 34.2 Å². The molecule has 1 unspecified atom stereocenters. The second-order valence-corrected chi connectivity index (χ2v) is 10.1. The van der Waals surface area contributed by atoms with Crippen LogP contribution in [0.1, 0.15) is 34.6 Å². The van der Waals surface area contributed by atoms with E-state index in [0.29, 0.717) is 5.04 Å². The lowest BCUT2D eigenvalue weighted by Crippen LogP contribution is -2.63. The van der Waals surface area contributed by atoms with Gasteiger partial charge >= 0.3 is 6.09 Å². The van der Waals surface area contributed by atoms with E-state index in [1.807, 2.05) is 0 Å². The molecule has 5 atom stereocenters. The number of thioether (sulfide) groups is 1. The van der Waals surface area contributed by atoms with Gasteiger partial charge in [0.05, 0.1) is 6.61 Å². The number of amides is 1. The highest BCUT2D eigenvalue weighted by Crippen LogP contribution is 2.45. The van der Waals surface area contributed by atoms with Crippen LogP contribution < -0.4 is 0 Å². The summed E-state index contributed by atoms with van der Waals surface area (Å²) in [6.45, 7) is 8.87. The van der Waals surface area contributed by atoms with Crippen LogP contribution in [0.2, 0.25) is 0 Å². The maximum Gasteiger partial charge on any atom is 0.449 e. The second kappa shape index (κ2) is 8.62. The average molecular weight is 469 g/mol. The summed E-state index contributed by atoms with van der Waals surface area (Å²) in [6, 6.07) is 0. The predicted octanol–water partition coefficient (Wildman–Crippen LogP) is 1.74. The van der Waals surface area contributed by atoms with Crippen molar-refractivity contribution in [2.75, 3.05) is 26.5 Å². The largest absolute Gasteiger partial charge is 0.449 e. The quantitative estimate of drug-likeness (QED) is 0.262. The van der Waals surface area contributed by atoms with Gasteiger partial charge in [-0.15, -0.1) is 11.8 Å². The van der Waals surface area contributed by atoms with Gasteiger partial charge in [0.25, 0.3) is 11.3 Å². The molecule has 0 radical (unpaired) electrons. The fourth-order valence-corrected chi connectivity index (χ4v) is 4.13. The lowest BCUT2D eigenvalue weighted by molar-refractivity contribution is -0.320. The van der Waals surface area contributed by atoms with Gasteiger partial charge in [0.2, 0.25) is 5.79 Å². The van der Waals surface area contributed by atoms with E-state index >= 15 is 0 Å². The van der Waals surface area contributed by atoms with Crippen LogP contribution in [0, 0.1) is 0 Å². The molecule has 1 amide bonds. The van der Waals surface area contributed by atoms with Gasteiger partial charge < -0.3 is 23.7 Å². The van der Waals surface area contributed by atoms with Crippen LogP contribution >= 0.6 is 11.8 Å². The summed E-state index contributed by atoms with van der Waals surface area (Å²) in [5.74, 6) is -3.21. The summed E-state index contributed by atoms with van der Waals surface area (Å²) < 4.78 is 48.8. The number of hydrogen-bond donors (Lipinski definition) is 0. The Labute approximate surface area is 182 Å². The summed E-state index contributed by atoms with van der Waals surface area (Å²) in [7, 11) is 1.27. The van der Waals surface area contributed by atoms with Gasteiger partial charge in [0, 0.05) is 7.05 Å². The molecule has 3 fully saturated rings. The zero-order valence-electron chi connectivity index (χ0n) is 18.0. The molecule has 11 nitrogen and oxygen atoms in total. The topological polar surface area (TPSA) is 114 Å². The van der Waals surface area contributed by atoms with Crippen LogP contribution in [-0.2, 0) is 44.0 Å². The fourth-order valence-electron chi connectivity index (χ4n) is 3.31. The van der Waals surface area contributed by atoms with Gasteiger partial charge in [0.15, 0.2) is 17.7 Å². The van der Waals surface area contributed by atoms with E-state index in [0.717, 1.165) is 4.31 Å².